The molecule has 0 saturated heterocycles. The van der Waals surface area contributed by atoms with Gasteiger partial charge in [0.15, 0.2) is 0 Å². The Morgan fingerprint density at radius 1 is 0.947 bits per heavy atom. The molecule has 0 atom stereocenters. The Morgan fingerprint density at radius 2 is 1.58 bits per heavy atom. The Morgan fingerprint density at radius 3 is 2.26 bits per heavy atom. The van der Waals surface area contributed by atoms with Crippen LogP contribution in [0.4, 0.5) is 0 Å². The Balaban J connectivity index is 2.17. The van der Waals surface area contributed by atoms with Crippen LogP contribution in [-0.2, 0) is 15.8 Å². The number of unbranched alkanes of at least 4 members (excludes halogenated alkanes) is 5. The van der Waals surface area contributed by atoms with Crippen LogP contribution in [-0.4, -0.2) is 15.0 Å². The number of sulfonamides is 1. The minimum atomic E-state index is -3.18. The third-order valence-corrected chi connectivity index (χ3v) is 4.41. The van der Waals surface area contributed by atoms with Crippen molar-refractivity contribution >= 4 is 10.0 Å². The van der Waals surface area contributed by atoms with Crippen molar-refractivity contribution in [2.75, 3.05) is 6.54 Å². The van der Waals surface area contributed by atoms with Crippen LogP contribution in [0.15, 0.2) is 30.3 Å². The fourth-order valence-electron chi connectivity index (χ4n) is 1.98. The van der Waals surface area contributed by atoms with Crippen LogP contribution in [0.3, 0.4) is 0 Å². The van der Waals surface area contributed by atoms with Crippen LogP contribution in [0, 0.1) is 0 Å². The average molecular weight is 283 g/mol. The molecule has 4 heteroatoms. The second-order valence-corrected chi connectivity index (χ2v) is 6.71. The normalized spacial score (nSPS) is 11.6. The zero-order valence-corrected chi connectivity index (χ0v) is 12.6. The van der Waals surface area contributed by atoms with Gasteiger partial charge in [0.25, 0.3) is 0 Å². The summed E-state index contributed by atoms with van der Waals surface area (Å²) in [6, 6.07) is 9.28. The molecule has 1 aromatic rings. The molecule has 0 radical (unpaired) electrons. The van der Waals surface area contributed by atoms with Crippen LogP contribution in [0.25, 0.3) is 0 Å². The first-order valence-electron chi connectivity index (χ1n) is 7.15. The Hall–Kier alpha value is -0.870. The lowest BCUT2D eigenvalue weighted by molar-refractivity contribution is 0.567. The molecule has 1 N–H and O–H groups in total. The number of hydrogen-bond acceptors (Lipinski definition) is 2. The minimum absolute atomic E-state index is 0.0731. The molecule has 0 aliphatic carbocycles. The first-order valence-corrected chi connectivity index (χ1v) is 8.80. The fraction of sp³-hybridized carbons (Fsp3) is 0.600. The number of benzene rings is 1. The highest BCUT2D eigenvalue weighted by Crippen LogP contribution is 2.06. The highest BCUT2D eigenvalue weighted by Gasteiger charge is 2.09. The second-order valence-electron chi connectivity index (χ2n) is 4.91. The number of nitrogens with one attached hydrogen (secondary N) is 1. The van der Waals surface area contributed by atoms with Crippen molar-refractivity contribution in [3.8, 4) is 0 Å². The summed E-state index contributed by atoms with van der Waals surface area (Å²) in [6.45, 7) is 2.75. The van der Waals surface area contributed by atoms with Gasteiger partial charge in [-0.1, -0.05) is 69.4 Å². The van der Waals surface area contributed by atoms with Gasteiger partial charge in [-0.25, -0.2) is 13.1 Å². The minimum Gasteiger partial charge on any atom is -0.215 e. The fourth-order valence-corrected chi connectivity index (χ4v) is 3.17. The van der Waals surface area contributed by atoms with Crippen molar-refractivity contribution in [3.63, 3.8) is 0 Å². The zero-order chi connectivity index (χ0) is 14.0. The third-order valence-electron chi connectivity index (χ3n) is 3.05. The van der Waals surface area contributed by atoms with E-state index < -0.39 is 10.0 Å². The van der Waals surface area contributed by atoms with Gasteiger partial charge >= 0.3 is 0 Å². The van der Waals surface area contributed by atoms with E-state index in [-0.39, 0.29) is 5.75 Å². The van der Waals surface area contributed by atoms with Gasteiger partial charge in [0, 0.05) is 6.54 Å². The lowest BCUT2D eigenvalue weighted by Gasteiger charge is -2.06. The monoisotopic (exact) mass is 283 g/mol. The lowest BCUT2D eigenvalue weighted by Crippen LogP contribution is -2.26. The highest BCUT2D eigenvalue weighted by atomic mass is 32.2. The molecule has 0 spiro atoms. The third kappa shape index (κ3) is 8.01. The topological polar surface area (TPSA) is 46.2 Å². The molecule has 0 amide bonds. The molecule has 0 fully saturated rings. The van der Waals surface area contributed by atoms with Crippen LogP contribution >= 0.6 is 0 Å². The van der Waals surface area contributed by atoms with E-state index in [2.05, 4.69) is 11.6 Å². The van der Waals surface area contributed by atoms with Crippen molar-refractivity contribution in [1.82, 2.24) is 4.72 Å². The molecule has 0 aromatic heterocycles. The molecule has 108 valence electrons. The van der Waals surface area contributed by atoms with Crippen LogP contribution in [0.2, 0.25) is 0 Å². The van der Waals surface area contributed by atoms with E-state index in [4.69, 9.17) is 0 Å². The summed E-state index contributed by atoms with van der Waals surface area (Å²) < 4.78 is 26.3. The molecular formula is C15H25NO2S. The summed E-state index contributed by atoms with van der Waals surface area (Å²) in [5, 5.41) is 0. The lowest BCUT2D eigenvalue weighted by atomic mass is 10.1. The smallest absolute Gasteiger partial charge is 0.215 e. The van der Waals surface area contributed by atoms with E-state index in [9.17, 15) is 8.42 Å². The maximum Gasteiger partial charge on any atom is 0.215 e. The first-order chi connectivity index (χ1) is 9.14. The summed E-state index contributed by atoms with van der Waals surface area (Å²) in [5.74, 6) is 0.0731. The maximum absolute atomic E-state index is 11.8. The molecule has 19 heavy (non-hydrogen) atoms. The van der Waals surface area contributed by atoms with E-state index in [0.29, 0.717) is 6.54 Å². The SMILES string of the molecule is CCCCCCCCNS(=O)(=O)Cc1ccccc1. The predicted octanol–water partition coefficient (Wildman–Crippen LogP) is 3.47. The maximum atomic E-state index is 11.8. The quantitative estimate of drug-likeness (QED) is 0.668. The van der Waals surface area contributed by atoms with Gasteiger partial charge in [-0.2, -0.15) is 0 Å². The largest absolute Gasteiger partial charge is 0.215 e. The van der Waals surface area contributed by atoms with E-state index >= 15 is 0 Å². The standard InChI is InChI=1S/C15H25NO2S/c1-2-3-4-5-6-10-13-16-19(17,18)14-15-11-8-7-9-12-15/h7-9,11-12,16H,2-6,10,13-14H2,1H3. The molecule has 0 aliphatic rings. The van der Waals surface area contributed by atoms with Crippen LogP contribution in [0.5, 0.6) is 0 Å². The van der Waals surface area contributed by atoms with Crippen molar-refractivity contribution in [2.45, 2.75) is 51.2 Å². The Bertz CT molecular complexity index is 429. The molecular weight excluding hydrogens is 258 g/mol. The highest BCUT2D eigenvalue weighted by molar-refractivity contribution is 7.88. The first kappa shape index (κ1) is 16.2. The van der Waals surface area contributed by atoms with Gasteiger partial charge < -0.3 is 0 Å². The van der Waals surface area contributed by atoms with Crippen molar-refractivity contribution in [2.24, 2.45) is 0 Å². The predicted molar refractivity (Wildman–Crippen MR) is 80.4 cm³/mol. The van der Waals surface area contributed by atoms with Crippen LogP contribution in [0.1, 0.15) is 51.0 Å². The second kappa shape index (κ2) is 9.10. The summed E-state index contributed by atoms with van der Waals surface area (Å²) in [4.78, 5) is 0. The molecule has 1 aromatic carbocycles. The zero-order valence-electron chi connectivity index (χ0n) is 11.8. The van der Waals surface area contributed by atoms with Gasteiger partial charge in [-0.05, 0) is 12.0 Å². The average Bonchev–Trinajstić information content (AvgIpc) is 2.38. The van der Waals surface area contributed by atoms with Crippen LogP contribution < -0.4 is 4.72 Å². The number of rotatable bonds is 10. The van der Waals surface area contributed by atoms with Gasteiger partial charge in [-0.15, -0.1) is 0 Å². The van der Waals surface area contributed by atoms with Crippen molar-refractivity contribution in [3.05, 3.63) is 35.9 Å². The number of hydrogen-bond donors (Lipinski definition) is 1. The van der Waals surface area contributed by atoms with E-state index in [0.717, 1.165) is 18.4 Å². The van der Waals surface area contributed by atoms with Crippen molar-refractivity contribution in [1.29, 1.82) is 0 Å². The molecule has 1 rings (SSSR count). The molecule has 0 heterocycles. The van der Waals surface area contributed by atoms with E-state index in [1.54, 1.807) is 0 Å². The van der Waals surface area contributed by atoms with Gasteiger partial charge in [-0.3, -0.25) is 0 Å². The summed E-state index contributed by atoms with van der Waals surface area (Å²) >= 11 is 0. The summed E-state index contributed by atoms with van der Waals surface area (Å²) in [5.41, 5.74) is 0.831. The molecule has 0 bridgehead atoms. The Kier molecular flexibility index (Phi) is 7.75. The van der Waals surface area contributed by atoms with Crippen molar-refractivity contribution < 1.29 is 8.42 Å². The van der Waals surface area contributed by atoms with Gasteiger partial charge in [0.1, 0.15) is 0 Å². The van der Waals surface area contributed by atoms with E-state index in [1.807, 2.05) is 30.3 Å². The summed E-state index contributed by atoms with van der Waals surface area (Å²) in [7, 11) is -3.18. The van der Waals surface area contributed by atoms with Gasteiger partial charge in [0.05, 0.1) is 5.75 Å². The summed E-state index contributed by atoms with van der Waals surface area (Å²) in [6.07, 6.45) is 7.01. The van der Waals surface area contributed by atoms with Gasteiger partial charge in [0.2, 0.25) is 10.0 Å². The molecule has 3 nitrogen and oxygen atoms in total. The molecule has 0 aliphatic heterocycles. The molecule has 0 saturated carbocycles. The van der Waals surface area contributed by atoms with E-state index in [1.165, 1.54) is 25.7 Å². The molecule has 0 unspecified atom stereocenters. The Labute approximate surface area is 117 Å².